The summed E-state index contributed by atoms with van der Waals surface area (Å²) in [6, 6.07) is 5.91. The minimum Gasteiger partial charge on any atom is -0.314 e. The summed E-state index contributed by atoms with van der Waals surface area (Å²) in [6.45, 7) is 9.01. The lowest BCUT2D eigenvalue weighted by Crippen LogP contribution is -2.45. The molecule has 1 heterocycles. The Morgan fingerprint density at radius 2 is 2.11 bits per heavy atom. The zero-order valence-corrected chi connectivity index (χ0v) is 13.2. The van der Waals surface area contributed by atoms with Crippen LogP contribution in [0.4, 0.5) is 0 Å². The van der Waals surface area contributed by atoms with Crippen LogP contribution in [0.25, 0.3) is 0 Å². The first kappa shape index (κ1) is 14.7. The van der Waals surface area contributed by atoms with Gasteiger partial charge in [0.15, 0.2) is 5.78 Å². The smallest absolute Gasteiger partial charge is 0.167 e. The summed E-state index contributed by atoms with van der Waals surface area (Å²) < 4.78 is 0.968. The number of carbonyl (C=O) groups excluding carboxylic acids is 1. The minimum atomic E-state index is 0.0473. The Kier molecular flexibility index (Phi) is 5.13. The maximum Gasteiger partial charge on any atom is 0.167 e. The van der Waals surface area contributed by atoms with Crippen LogP contribution in [-0.4, -0.2) is 43.4 Å². The van der Waals surface area contributed by atoms with Gasteiger partial charge in [-0.3, -0.25) is 4.79 Å². The third-order valence-electron chi connectivity index (χ3n) is 3.65. The van der Waals surface area contributed by atoms with E-state index in [1.165, 1.54) is 0 Å². The number of aryl methyl sites for hydroxylation is 1. The van der Waals surface area contributed by atoms with Crippen LogP contribution >= 0.6 is 15.9 Å². The van der Waals surface area contributed by atoms with E-state index in [1.807, 2.05) is 32.0 Å². The maximum atomic E-state index is 12.5. The maximum absolute atomic E-state index is 12.5. The van der Waals surface area contributed by atoms with E-state index in [9.17, 15) is 4.79 Å². The van der Waals surface area contributed by atoms with E-state index < -0.39 is 0 Å². The molecule has 1 unspecified atom stereocenters. The van der Waals surface area contributed by atoms with Crippen LogP contribution in [0.1, 0.15) is 22.8 Å². The van der Waals surface area contributed by atoms with Gasteiger partial charge >= 0.3 is 0 Å². The van der Waals surface area contributed by atoms with Gasteiger partial charge in [0, 0.05) is 48.7 Å². The lowest BCUT2D eigenvalue weighted by Gasteiger charge is -2.29. The molecule has 1 atom stereocenters. The third kappa shape index (κ3) is 3.88. The summed E-state index contributed by atoms with van der Waals surface area (Å²) in [5.41, 5.74) is 1.90. The van der Waals surface area contributed by atoms with Crippen molar-refractivity contribution in [2.24, 2.45) is 5.92 Å². The molecule has 1 aromatic rings. The summed E-state index contributed by atoms with van der Waals surface area (Å²) in [5, 5.41) is 3.33. The first-order chi connectivity index (χ1) is 9.08. The van der Waals surface area contributed by atoms with Gasteiger partial charge in [0.1, 0.15) is 0 Å². The molecule has 0 bridgehead atoms. The number of benzene rings is 1. The molecule has 0 aromatic heterocycles. The van der Waals surface area contributed by atoms with Crippen molar-refractivity contribution in [1.29, 1.82) is 0 Å². The van der Waals surface area contributed by atoms with Crippen molar-refractivity contribution in [3.05, 3.63) is 33.8 Å². The van der Waals surface area contributed by atoms with E-state index >= 15 is 0 Å². The molecule has 0 aliphatic carbocycles. The molecular formula is C15H21BrN2O. The quantitative estimate of drug-likeness (QED) is 0.863. The highest BCUT2D eigenvalue weighted by Crippen LogP contribution is 2.19. The molecule has 104 valence electrons. The average Bonchev–Trinajstić information content (AvgIpc) is 2.42. The second-order valence-electron chi connectivity index (χ2n) is 5.28. The summed E-state index contributed by atoms with van der Waals surface area (Å²) >= 11 is 3.44. The molecule has 0 saturated carbocycles. The van der Waals surface area contributed by atoms with Crippen molar-refractivity contribution < 1.29 is 4.79 Å². The van der Waals surface area contributed by atoms with Gasteiger partial charge in [-0.15, -0.1) is 0 Å². The van der Waals surface area contributed by atoms with Crippen LogP contribution in [0.15, 0.2) is 22.7 Å². The van der Waals surface area contributed by atoms with Gasteiger partial charge in [-0.1, -0.05) is 28.9 Å². The van der Waals surface area contributed by atoms with Crippen LogP contribution < -0.4 is 5.32 Å². The summed E-state index contributed by atoms with van der Waals surface area (Å²) in [4.78, 5) is 14.9. The molecule has 1 aliphatic heterocycles. The van der Waals surface area contributed by atoms with Crippen molar-refractivity contribution in [2.75, 3.05) is 32.7 Å². The number of nitrogens with zero attached hydrogens (tertiary/aromatic N) is 1. The van der Waals surface area contributed by atoms with E-state index in [0.717, 1.165) is 48.3 Å². The summed E-state index contributed by atoms with van der Waals surface area (Å²) in [5.74, 6) is 0.295. The number of hydrogen-bond acceptors (Lipinski definition) is 3. The van der Waals surface area contributed by atoms with Gasteiger partial charge < -0.3 is 10.2 Å². The Bertz CT molecular complexity index is 455. The molecule has 3 nitrogen and oxygen atoms in total. The Morgan fingerprint density at radius 3 is 2.79 bits per heavy atom. The fourth-order valence-corrected chi connectivity index (χ4v) is 2.85. The molecule has 1 aromatic carbocycles. The molecule has 0 amide bonds. The predicted octanol–water partition coefficient (Wildman–Crippen LogP) is 2.48. The molecule has 0 radical (unpaired) electrons. The number of piperazine rings is 1. The van der Waals surface area contributed by atoms with Gasteiger partial charge in [0.05, 0.1) is 0 Å². The molecule has 1 aliphatic rings. The Labute approximate surface area is 123 Å². The SMILES string of the molecule is Cc1ccc(Br)cc1C(=O)C(C)CN1CCNCC1. The van der Waals surface area contributed by atoms with Crippen LogP contribution in [-0.2, 0) is 0 Å². The highest BCUT2D eigenvalue weighted by atomic mass is 79.9. The molecule has 1 N–H and O–H groups in total. The van der Waals surface area contributed by atoms with Gasteiger partial charge in [-0.25, -0.2) is 0 Å². The lowest BCUT2D eigenvalue weighted by atomic mass is 9.95. The fourth-order valence-electron chi connectivity index (χ4n) is 2.49. The second kappa shape index (κ2) is 6.64. The van der Waals surface area contributed by atoms with E-state index in [4.69, 9.17) is 0 Å². The predicted molar refractivity (Wildman–Crippen MR) is 81.7 cm³/mol. The first-order valence-corrected chi connectivity index (χ1v) is 7.60. The Hall–Kier alpha value is -0.710. The molecule has 2 rings (SSSR count). The molecule has 4 heteroatoms. The van der Waals surface area contributed by atoms with Crippen molar-refractivity contribution in [1.82, 2.24) is 10.2 Å². The van der Waals surface area contributed by atoms with Crippen molar-refractivity contribution >= 4 is 21.7 Å². The highest BCUT2D eigenvalue weighted by molar-refractivity contribution is 9.10. The zero-order valence-electron chi connectivity index (χ0n) is 11.6. The number of nitrogens with one attached hydrogen (secondary N) is 1. The number of carbonyl (C=O) groups is 1. The molecule has 1 fully saturated rings. The van der Waals surface area contributed by atoms with Crippen molar-refractivity contribution in [3.8, 4) is 0 Å². The summed E-state index contributed by atoms with van der Waals surface area (Å²) in [7, 11) is 0. The molecule has 0 spiro atoms. The van der Waals surface area contributed by atoms with Crippen molar-refractivity contribution in [2.45, 2.75) is 13.8 Å². The monoisotopic (exact) mass is 324 g/mol. The Balaban J connectivity index is 2.03. The Morgan fingerprint density at radius 1 is 1.42 bits per heavy atom. The number of Topliss-reactive ketones (excluding diaryl/α,β-unsaturated/α-hetero) is 1. The lowest BCUT2D eigenvalue weighted by molar-refractivity contribution is 0.0886. The number of halogens is 1. The third-order valence-corrected chi connectivity index (χ3v) is 4.15. The van der Waals surface area contributed by atoms with Crippen molar-refractivity contribution in [3.63, 3.8) is 0 Å². The standard InChI is InChI=1S/C15H21BrN2O/c1-11-3-4-13(16)9-14(11)15(19)12(2)10-18-7-5-17-6-8-18/h3-4,9,12,17H,5-8,10H2,1-2H3. The minimum absolute atomic E-state index is 0.0473. The number of ketones is 1. The van der Waals surface area contributed by atoms with E-state index in [0.29, 0.717) is 0 Å². The van der Waals surface area contributed by atoms with Gasteiger partial charge in [-0.2, -0.15) is 0 Å². The van der Waals surface area contributed by atoms with Gasteiger partial charge in [0.25, 0.3) is 0 Å². The number of hydrogen-bond donors (Lipinski definition) is 1. The topological polar surface area (TPSA) is 32.3 Å². The normalized spacial score (nSPS) is 18.3. The largest absolute Gasteiger partial charge is 0.314 e. The van der Waals surface area contributed by atoms with Gasteiger partial charge in [-0.05, 0) is 24.6 Å². The number of rotatable bonds is 4. The van der Waals surface area contributed by atoms with E-state index in [-0.39, 0.29) is 11.7 Å². The van der Waals surface area contributed by atoms with Gasteiger partial charge in [0.2, 0.25) is 0 Å². The average molecular weight is 325 g/mol. The summed E-state index contributed by atoms with van der Waals surface area (Å²) in [6.07, 6.45) is 0. The second-order valence-corrected chi connectivity index (χ2v) is 6.19. The van der Waals surface area contributed by atoms with Crippen LogP contribution in [0, 0.1) is 12.8 Å². The van der Waals surface area contributed by atoms with Crippen LogP contribution in [0.3, 0.4) is 0 Å². The fraction of sp³-hybridized carbons (Fsp3) is 0.533. The first-order valence-electron chi connectivity index (χ1n) is 6.81. The van der Waals surface area contributed by atoms with Crippen LogP contribution in [0.5, 0.6) is 0 Å². The molecule has 1 saturated heterocycles. The van der Waals surface area contributed by atoms with Crippen LogP contribution in [0.2, 0.25) is 0 Å². The molecule has 19 heavy (non-hydrogen) atoms. The molecular weight excluding hydrogens is 304 g/mol. The zero-order chi connectivity index (χ0) is 13.8. The van der Waals surface area contributed by atoms with E-state index in [1.54, 1.807) is 0 Å². The van der Waals surface area contributed by atoms with E-state index in [2.05, 4.69) is 26.1 Å². The highest BCUT2D eigenvalue weighted by Gasteiger charge is 2.21.